The molecule has 98 valence electrons. The highest BCUT2D eigenvalue weighted by Crippen LogP contribution is 2.14. The first-order valence-electron chi connectivity index (χ1n) is 5.99. The molecule has 1 aromatic rings. The zero-order chi connectivity index (χ0) is 13.7. The second-order valence-corrected chi connectivity index (χ2v) is 4.22. The molecule has 6 nitrogen and oxygen atoms in total. The predicted molar refractivity (Wildman–Crippen MR) is 69.4 cm³/mol. The van der Waals surface area contributed by atoms with Gasteiger partial charge in [-0.15, -0.1) is 0 Å². The van der Waals surface area contributed by atoms with Gasteiger partial charge < -0.3 is 15.1 Å². The normalized spacial score (nSPS) is 14.7. The van der Waals surface area contributed by atoms with Crippen LogP contribution in [0.5, 0.6) is 0 Å². The average molecular weight is 258 g/mol. The van der Waals surface area contributed by atoms with Gasteiger partial charge in [-0.25, -0.2) is 4.79 Å². The van der Waals surface area contributed by atoms with Crippen molar-refractivity contribution in [2.24, 2.45) is 0 Å². The molecule has 3 amide bonds. The molecule has 0 aromatic heterocycles. The number of hydrogen-bond acceptors (Lipinski definition) is 3. The molecule has 0 spiro atoms. The maximum absolute atomic E-state index is 12.0. The van der Waals surface area contributed by atoms with E-state index in [1.54, 1.807) is 34.1 Å². The topological polar surface area (TPSA) is 76.4 Å². The van der Waals surface area contributed by atoms with Gasteiger partial charge in [0.15, 0.2) is 0 Å². The molecule has 19 heavy (non-hydrogen) atoms. The fourth-order valence-corrected chi connectivity index (χ4v) is 1.91. The molecular formula is C13H14N4O2. The Balaban J connectivity index is 1.98. The van der Waals surface area contributed by atoms with E-state index < -0.39 is 0 Å². The molecule has 0 unspecified atom stereocenters. The Bertz CT molecular complexity index is 516. The zero-order valence-electron chi connectivity index (χ0n) is 10.4. The van der Waals surface area contributed by atoms with Crippen molar-refractivity contribution < 1.29 is 9.59 Å². The lowest BCUT2D eigenvalue weighted by Gasteiger charge is -2.32. The number of hydrogen-bond donors (Lipinski definition) is 1. The first-order chi connectivity index (χ1) is 9.24. The van der Waals surface area contributed by atoms with Crippen LogP contribution in [0.2, 0.25) is 0 Å². The number of nitriles is 1. The molecule has 1 heterocycles. The van der Waals surface area contributed by atoms with Crippen LogP contribution in [-0.2, 0) is 4.79 Å². The monoisotopic (exact) mass is 258 g/mol. The highest BCUT2D eigenvalue weighted by atomic mass is 16.2. The zero-order valence-corrected chi connectivity index (χ0v) is 10.4. The Labute approximate surface area is 111 Å². The molecule has 0 bridgehead atoms. The second-order valence-electron chi connectivity index (χ2n) is 4.22. The van der Waals surface area contributed by atoms with Gasteiger partial charge in [0.25, 0.3) is 0 Å². The summed E-state index contributed by atoms with van der Waals surface area (Å²) in [6.07, 6.45) is 0.792. The lowest BCUT2D eigenvalue weighted by atomic mass is 10.2. The molecule has 1 aliphatic rings. The Hall–Kier alpha value is -2.55. The summed E-state index contributed by atoms with van der Waals surface area (Å²) in [5.74, 6) is 0. The Morgan fingerprint density at radius 1 is 1.26 bits per heavy atom. The van der Waals surface area contributed by atoms with Crippen LogP contribution in [0.15, 0.2) is 24.3 Å². The molecule has 0 saturated carbocycles. The number of urea groups is 1. The van der Waals surface area contributed by atoms with E-state index in [0.29, 0.717) is 37.4 Å². The highest BCUT2D eigenvalue weighted by Gasteiger charge is 2.20. The SMILES string of the molecule is N#Cc1ccccc1NC(=O)N1CCN(C=O)CC1. The minimum atomic E-state index is -0.242. The number of carbonyl (C=O) groups is 2. The first kappa shape index (κ1) is 12.9. The summed E-state index contributed by atoms with van der Waals surface area (Å²) in [7, 11) is 0. The van der Waals surface area contributed by atoms with Gasteiger partial charge in [-0.05, 0) is 12.1 Å². The number of anilines is 1. The van der Waals surface area contributed by atoms with Crippen molar-refractivity contribution in [3.63, 3.8) is 0 Å². The van der Waals surface area contributed by atoms with E-state index in [4.69, 9.17) is 5.26 Å². The van der Waals surface area contributed by atoms with E-state index >= 15 is 0 Å². The Kier molecular flexibility index (Phi) is 3.98. The summed E-state index contributed by atoms with van der Waals surface area (Å²) < 4.78 is 0. The van der Waals surface area contributed by atoms with Crippen LogP contribution < -0.4 is 5.32 Å². The van der Waals surface area contributed by atoms with E-state index in [0.717, 1.165) is 6.41 Å². The molecule has 1 aromatic carbocycles. The lowest BCUT2D eigenvalue weighted by Crippen LogP contribution is -2.49. The molecule has 1 fully saturated rings. The number of rotatable bonds is 2. The largest absolute Gasteiger partial charge is 0.342 e. The van der Waals surface area contributed by atoms with Gasteiger partial charge in [0, 0.05) is 26.2 Å². The molecule has 1 aliphatic heterocycles. The second kappa shape index (κ2) is 5.87. The van der Waals surface area contributed by atoms with Crippen molar-refractivity contribution in [3.05, 3.63) is 29.8 Å². The number of benzene rings is 1. The van der Waals surface area contributed by atoms with Gasteiger partial charge >= 0.3 is 6.03 Å². The van der Waals surface area contributed by atoms with Crippen molar-refractivity contribution in [2.75, 3.05) is 31.5 Å². The number of nitrogens with one attached hydrogen (secondary N) is 1. The van der Waals surface area contributed by atoms with Crippen molar-refractivity contribution in [1.82, 2.24) is 9.80 Å². The van der Waals surface area contributed by atoms with Crippen LogP contribution in [0.4, 0.5) is 10.5 Å². The van der Waals surface area contributed by atoms with E-state index in [1.165, 1.54) is 0 Å². The third-order valence-corrected chi connectivity index (χ3v) is 3.04. The van der Waals surface area contributed by atoms with Gasteiger partial charge in [-0.1, -0.05) is 12.1 Å². The van der Waals surface area contributed by atoms with Gasteiger partial charge in [0.1, 0.15) is 6.07 Å². The molecular weight excluding hydrogens is 244 g/mol. The van der Waals surface area contributed by atoms with Crippen LogP contribution >= 0.6 is 0 Å². The van der Waals surface area contributed by atoms with Crippen LogP contribution in [0.25, 0.3) is 0 Å². The van der Waals surface area contributed by atoms with E-state index in [-0.39, 0.29) is 6.03 Å². The average Bonchev–Trinajstić information content (AvgIpc) is 2.48. The van der Waals surface area contributed by atoms with Crippen LogP contribution in [0.3, 0.4) is 0 Å². The molecule has 6 heteroatoms. The number of piperazine rings is 1. The summed E-state index contributed by atoms with van der Waals surface area (Å²) in [4.78, 5) is 25.9. The summed E-state index contributed by atoms with van der Waals surface area (Å²) in [6.45, 7) is 2.08. The Morgan fingerprint density at radius 3 is 2.58 bits per heavy atom. The highest BCUT2D eigenvalue weighted by molar-refractivity contribution is 5.90. The van der Waals surface area contributed by atoms with Gasteiger partial charge in [0.2, 0.25) is 6.41 Å². The number of para-hydroxylation sites is 1. The van der Waals surface area contributed by atoms with Crippen LogP contribution in [0.1, 0.15) is 5.56 Å². The van der Waals surface area contributed by atoms with Crippen molar-refractivity contribution in [2.45, 2.75) is 0 Å². The van der Waals surface area contributed by atoms with Crippen LogP contribution in [-0.4, -0.2) is 48.4 Å². The fourth-order valence-electron chi connectivity index (χ4n) is 1.91. The summed E-state index contributed by atoms with van der Waals surface area (Å²) in [6, 6.07) is 8.65. The van der Waals surface area contributed by atoms with Crippen LogP contribution in [0, 0.1) is 11.3 Å². The summed E-state index contributed by atoms with van der Waals surface area (Å²) in [5.41, 5.74) is 0.940. The van der Waals surface area contributed by atoms with Crippen molar-refractivity contribution >= 4 is 18.1 Å². The van der Waals surface area contributed by atoms with Crippen molar-refractivity contribution in [3.8, 4) is 6.07 Å². The van der Waals surface area contributed by atoms with Gasteiger partial charge in [0.05, 0.1) is 11.3 Å². The third kappa shape index (κ3) is 3.01. The minimum absolute atomic E-state index is 0.242. The first-order valence-corrected chi connectivity index (χ1v) is 5.99. The molecule has 1 saturated heterocycles. The smallest absolute Gasteiger partial charge is 0.322 e. The number of amides is 3. The fraction of sp³-hybridized carbons (Fsp3) is 0.308. The van der Waals surface area contributed by atoms with E-state index in [2.05, 4.69) is 5.32 Å². The minimum Gasteiger partial charge on any atom is -0.342 e. The molecule has 1 N–H and O–H groups in total. The summed E-state index contributed by atoms with van der Waals surface area (Å²) in [5, 5.41) is 11.7. The van der Waals surface area contributed by atoms with E-state index in [9.17, 15) is 9.59 Å². The number of nitrogens with zero attached hydrogens (tertiary/aromatic N) is 3. The standard InChI is InChI=1S/C13H14N4O2/c14-9-11-3-1-2-4-12(11)15-13(19)17-7-5-16(10-18)6-8-17/h1-4,10H,5-8H2,(H,15,19). The number of carbonyl (C=O) groups excluding carboxylic acids is 2. The molecule has 2 rings (SSSR count). The third-order valence-electron chi connectivity index (χ3n) is 3.04. The lowest BCUT2D eigenvalue weighted by molar-refractivity contribution is -0.119. The Morgan fingerprint density at radius 2 is 1.95 bits per heavy atom. The summed E-state index contributed by atoms with van der Waals surface area (Å²) >= 11 is 0. The quantitative estimate of drug-likeness (QED) is 0.799. The predicted octanol–water partition coefficient (Wildman–Crippen LogP) is 0.864. The maximum atomic E-state index is 12.0. The van der Waals surface area contributed by atoms with Gasteiger partial charge in [-0.2, -0.15) is 5.26 Å². The molecule has 0 radical (unpaired) electrons. The van der Waals surface area contributed by atoms with Gasteiger partial charge in [-0.3, -0.25) is 4.79 Å². The molecule has 0 aliphatic carbocycles. The van der Waals surface area contributed by atoms with Crippen molar-refractivity contribution in [1.29, 1.82) is 5.26 Å². The molecule has 0 atom stereocenters. The van der Waals surface area contributed by atoms with E-state index in [1.807, 2.05) is 6.07 Å². The maximum Gasteiger partial charge on any atom is 0.322 e.